The summed E-state index contributed by atoms with van der Waals surface area (Å²) in [5.41, 5.74) is 0.954. The molecule has 1 amide bonds. The van der Waals surface area contributed by atoms with Crippen LogP contribution >= 0.6 is 0 Å². The number of hydrogen-bond donors (Lipinski definition) is 0. The number of hydrogen-bond acceptors (Lipinski definition) is 3. The number of amides is 1. The summed E-state index contributed by atoms with van der Waals surface area (Å²) < 4.78 is 5.23. The van der Waals surface area contributed by atoms with Crippen LogP contribution in [0.1, 0.15) is 25.8 Å². The first-order valence-corrected chi connectivity index (χ1v) is 5.99. The van der Waals surface area contributed by atoms with E-state index in [9.17, 15) is 4.79 Å². The second-order valence-corrected chi connectivity index (χ2v) is 4.24. The van der Waals surface area contributed by atoms with Crippen molar-refractivity contribution in [3.63, 3.8) is 0 Å². The quantitative estimate of drug-likeness (QED) is 0.802. The third kappa shape index (κ3) is 4.46. The van der Waals surface area contributed by atoms with Gasteiger partial charge in [0, 0.05) is 12.6 Å². The molecule has 96 valence electrons. The summed E-state index contributed by atoms with van der Waals surface area (Å²) in [6.07, 6.45) is -0.0531. The van der Waals surface area contributed by atoms with Gasteiger partial charge in [0.1, 0.15) is 6.61 Å². The zero-order valence-corrected chi connectivity index (χ0v) is 10.8. The van der Waals surface area contributed by atoms with Crippen molar-refractivity contribution in [1.29, 1.82) is 5.26 Å². The van der Waals surface area contributed by atoms with E-state index in [1.165, 1.54) is 0 Å². The Bertz CT molecular complexity index is 410. The van der Waals surface area contributed by atoms with Crippen LogP contribution in [0.2, 0.25) is 0 Å². The molecule has 0 aliphatic rings. The summed E-state index contributed by atoms with van der Waals surface area (Å²) in [7, 11) is 0. The lowest BCUT2D eigenvalue weighted by Crippen LogP contribution is -2.37. The zero-order chi connectivity index (χ0) is 13.4. The molecule has 0 heterocycles. The normalized spacial score (nSPS) is 9.89. The summed E-state index contributed by atoms with van der Waals surface area (Å²) in [4.78, 5) is 13.4. The highest BCUT2D eigenvalue weighted by Crippen LogP contribution is 2.06. The molecule has 1 aromatic rings. The van der Waals surface area contributed by atoms with Gasteiger partial charge in [-0.05, 0) is 19.4 Å². The van der Waals surface area contributed by atoms with Gasteiger partial charge in [-0.2, -0.15) is 5.26 Å². The van der Waals surface area contributed by atoms with E-state index in [0.29, 0.717) is 13.0 Å². The number of nitrogens with zero attached hydrogens (tertiary/aromatic N) is 2. The molecule has 0 spiro atoms. The maximum Gasteiger partial charge on any atom is 0.410 e. The van der Waals surface area contributed by atoms with Crippen molar-refractivity contribution >= 4 is 6.09 Å². The van der Waals surface area contributed by atoms with E-state index >= 15 is 0 Å². The van der Waals surface area contributed by atoms with Crippen molar-refractivity contribution < 1.29 is 9.53 Å². The van der Waals surface area contributed by atoms with Crippen LogP contribution in [-0.2, 0) is 11.3 Å². The second kappa shape index (κ2) is 7.33. The van der Waals surface area contributed by atoms with E-state index in [2.05, 4.69) is 0 Å². The number of rotatable bonds is 5. The topological polar surface area (TPSA) is 53.3 Å². The fraction of sp³-hybridized carbons (Fsp3) is 0.429. The van der Waals surface area contributed by atoms with Crippen LogP contribution in [0.4, 0.5) is 4.79 Å². The van der Waals surface area contributed by atoms with Crippen LogP contribution in [0.15, 0.2) is 30.3 Å². The van der Waals surface area contributed by atoms with Crippen LogP contribution in [0.25, 0.3) is 0 Å². The standard InChI is InChI=1S/C14H18N2O2/c1-12(2)16(10-6-9-15)14(17)18-11-13-7-4-3-5-8-13/h3-5,7-8,12H,6,10-11H2,1-2H3. The number of ether oxygens (including phenoxy) is 1. The number of carbonyl (C=O) groups excluding carboxylic acids is 1. The summed E-state index contributed by atoms with van der Waals surface area (Å²) >= 11 is 0. The molecule has 0 unspecified atom stereocenters. The third-order valence-corrected chi connectivity index (χ3v) is 2.53. The van der Waals surface area contributed by atoms with Gasteiger partial charge in [-0.3, -0.25) is 0 Å². The van der Waals surface area contributed by atoms with Gasteiger partial charge in [0.2, 0.25) is 0 Å². The van der Waals surface area contributed by atoms with Crippen molar-refractivity contribution in [2.45, 2.75) is 32.9 Å². The van der Waals surface area contributed by atoms with Crippen molar-refractivity contribution in [3.05, 3.63) is 35.9 Å². The molecule has 0 atom stereocenters. The minimum absolute atomic E-state index is 0.0293. The molecule has 0 bridgehead atoms. The summed E-state index contributed by atoms with van der Waals surface area (Å²) in [5, 5.41) is 8.56. The minimum atomic E-state index is -0.371. The molecule has 4 nitrogen and oxygen atoms in total. The maximum absolute atomic E-state index is 11.9. The Balaban J connectivity index is 2.49. The first-order chi connectivity index (χ1) is 8.65. The van der Waals surface area contributed by atoms with Crippen LogP contribution in [0, 0.1) is 11.3 Å². The van der Waals surface area contributed by atoms with Gasteiger partial charge in [-0.15, -0.1) is 0 Å². The van der Waals surface area contributed by atoms with Gasteiger partial charge in [0.15, 0.2) is 0 Å². The number of carbonyl (C=O) groups is 1. The second-order valence-electron chi connectivity index (χ2n) is 4.24. The maximum atomic E-state index is 11.9. The lowest BCUT2D eigenvalue weighted by atomic mass is 10.2. The van der Waals surface area contributed by atoms with Gasteiger partial charge in [-0.1, -0.05) is 30.3 Å². The summed E-state index contributed by atoms with van der Waals surface area (Å²) in [5.74, 6) is 0. The molecule has 0 saturated carbocycles. The SMILES string of the molecule is CC(C)N(CCC#N)C(=O)OCc1ccccc1. The van der Waals surface area contributed by atoms with Crippen molar-refractivity contribution in [2.75, 3.05) is 6.54 Å². The molecular weight excluding hydrogens is 228 g/mol. The van der Waals surface area contributed by atoms with E-state index in [4.69, 9.17) is 10.00 Å². The van der Waals surface area contributed by atoms with Gasteiger partial charge in [0.25, 0.3) is 0 Å². The Morgan fingerprint density at radius 3 is 2.61 bits per heavy atom. The molecule has 0 N–H and O–H groups in total. The Morgan fingerprint density at radius 1 is 1.39 bits per heavy atom. The van der Waals surface area contributed by atoms with E-state index in [0.717, 1.165) is 5.56 Å². The average Bonchev–Trinajstić information content (AvgIpc) is 2.37. The Morgan fingerprint density at radius 2 is 2.06 bits per heavy atom. The Hall–Kier alpha value is -2.02. The van der Waals surface area contributed by atoms with Gasteiger partial charge in [0.05, 0.1) is 12.5 Å². The number of nitriles is 1. The van der Waals surface area contributed by atoms with Crippen LogP contribution in [0.5, 0.6) is 0 Å². The molecule has 0 radical (unpaired) electrons. The van der Waals surface area contributed by atoms with Crippen LogP contribution in [-0.4, -0.2) is 23.6 Å². The first kappa shape index (κ1) is 14.0. The first-order valence-electron chi connectivity index (χ1n) is 5.99. The predicted octanol–water partition coefficient (Wildman–Crippen LogP) is 2.95. The Kier molecular flexibility index (Phi) is 5.72. The molecule has 0 saturated heterocycles. The van der Waals surface area contributed by atoms with E-state index in [1.807, 2.05) is 50.2 Å². The molecule has 1 rings (SSSR count). The molecule has 0 aliphatic carbocycles. The number of benzene rings is 1. The van der Waals surface area contributed by atoms with Crippen molar-refractivity contribution in [3.8, 4) is 6.07 Å². The fourth-order valence-electron chi connectivity index (χ4n) is 1.53. The largest absolute Gasteiger partial charge is 0.445 e. The van der Waals surface area contributed by atoms with Gasteiger partial charge in [-0.25, -0.2) is 4.79 Å². The van der Waals surface area contributed by atoms with Crippen molar-refractivity contribution in [2.24, 2.45) is 0 Å². The van der Waals surface area contributed by atoms with Gasteiger partial charge >= 0.3 is 6.09 Å². The highest BCUT2D eigenvalue weighted by atomic mass is 16.6. The summed E-state index contributed by atoms with van der Waals surface area (Å²) in [6.45, 7) is 4.47. The third-order valence-electron chi connectivity index (χ3n) is 2.53. The van der Waals surface area contributed by atoms with E-state index in [-0.39, 0.29) is 18.7 Å². The van der Waals surface area contributed by atoms with Gasteiger partial charge < -0.3 is 9.64 Å². The molecule has 1 aromatic carbocycles. The molecule has 0 aliphatic heterocycles. The zero-order valence-electron chi connectivity index (χ0n) is 10.8. The average molecular weight is 246 g/mol. The molecule has 4 heteroatoms. The van der Waals surface area contributed by atoms with E-state index in [1.54, 1.807) is 4.90 Å². The molecule has 0 fully saturated rings. The Labute approximate surface area is 108 Å². The fourth-order valence-corrected chi connectivity index (χ4v) is 1.53. The highest BCUT2D eigenvalue weighted by molar-refractivity contribution is 5.68. The smallest absolute Gasteiger partial charge is 0.410 e. The van der Waals surface area contributed by atoms with E-state index < -0.39 is 0 Å². The van der Waals surface area contributed by atoms with Crippen molar-refractivity contribution in [1.82, 2.24) is 4.90 Å². The predicted molar refractivity (Wildman–Crippen MR) is 68.7 cm³/mol. The lowest BCUT2D eigenvalue weighted by molar-refractivity contribution is 0.0867. The molecule has 0 aromatic heterocycles. The lowest BCUT2D eigenvalue weighted by Gasteiger charge is -2.24. The summed E-state index contributed by atoms with van der Waals surface area (Å²) in [6, 6.07) is 11.6. The highest BCUT2D eigenvalue weighted by Gasteiger charge is 2.17. The molecule has 18 heavy (non-hydrogen) atoms. The monoisotopic (exact) mass is 246 g/mol. The van der Waals surface area contributed by atoms with Crippen LogP contribution < -0.4 is 0 Å². The van der Waals surface area contributed by atoms with Crippen LogP contribution in [0.3, 0.4) is 0 Å². The minimum Gasteiger partial charge on any atom is -0.445 e. The molecular formula is C14H18N2O2.